The van der Waals surface area contributed by atoms with Crippen LogP contribution in [0.25, 0.3) is 32.6 Å². The summed E-state index contributed by atoms with van der Waals surface area (Å²) in [6.07, 6.45) is 0. The Morgan fingerprint density at radius 2 is 1.66 bits per heavy atom. The van der Waals surface area contributed by atoms with Crippen molar-refractivity contribution >= 4 is 49.0 Å². The smallest absolute Gasteiger partial charge is 0.180 e. The van der Waals surface area contributed by atoms with E-state index in [1.165, 1.54) is 11.3 Å². The lowest BCUT2D eigenvalue weighted by Gasteiger charge is -2.15. The highest BCUT2D eigenvalue weighted by Gasteiger charge is 2.29. The van der Waals surface area contributed by atoms with E-state index < -0.39 is 5.41 Å². The number of nitrogens with zero attached hydrogens (tertiary/aromatic N) is 1. The molecule has 0 bridgehead atoms. The van der Waals surface area contributed by atoms with Crippen molar-refractivity contribution in [2.45, 2.75) is 20.8 Å². The Bertz CT molecular complexity index is 1210. The molecular formula is C24H21BrN2OS. The maximum atomic E-state index is 13.0. The highest BCUT2D eigenvalue weighted by Crippen LogP contribution is 2.43. The molecule has 0 aliphatic heterocycles. The van der Waals surface area contributed by atoms with Gasteiger partial charge in [-0.2, -0.15) is 0 Å². The fourth-order valence-corrected chi connectivity index (χ4v) is 4.78. The van der Waals surface area contributed by atoms with Crippen LogP contribution >= 0.6 is 27.3 Å². The van der Waals surface area contributed by atoms with E-state index in [0.717, 1.165) is 37.1 Å². The molecule has 0 radical (unpaired) electrons. The Hall–Kier alpha value is -2.50. The van der Waals surface area contributed by atoms with Crippen molar-refractivity contribution in [3.63, 3.8) is 0 Å². The number of ketones is 1. The normalized spacial score (nSPS) is 11.7. The van der Waals surface area contributed by atoms with E-state index in [2.05, 4.69) is 34.1 Å². The van der Waals surface area contributed by atoms with E-state index in [-0.39, 0.29) is 5.78 Å². The number of carbonyl (C=O) groups is 1. The van der Waals surface area contributed by atoms with Crippen LogP contribution < -0.4 is 5.73 Å². The lowest BCUT2D eigenvalue weighted by molar-refractivity contribution is 0.0863. The van der Waals surface area contributed by atoms with Gasteiger partial charge in [0.15, 0.2) is 5.78 Å². The number of nitrogen functional groups attached to an aromatic ring is 1. The Balaban J connectivity index is 2.02. The van der Waals surface area contributed by atoms with Crippen LogP contribution in [0.3, 0.4) is 0 Å². The third kappa shape index (κ3) is 3.72. The van der Waals surface area contributed by atoms with E-state index in [0.29, 0.717) is 10.6 Å². The fraction of sp³-hybridized carbons (Fsp3) is 0.167. The van der Waals surface area contributed by atoms with E-state index in [4.69, 9.17) is 10.7 Å². The molecule has 0 spiro atoms. The molecule has 2 aromatic carbocycles. The first kappa shape index (κ1) is 19.8. The minimum Gasteiger partial charge on any atom is -0.397 e. The number of fused-ring (bicyclic) bond motifs is 1. The van der Waals surface area contributed by atoms with Crippen molar-refractivity contribution in [3.8, 4) is 22.4 Å². The average Bonchev–Trinajstić information content (AvgIpc) is 3.03. The van der Waals surface area contributed by atoms with Gasteiger partial charge in [-0.3, -0.25) is 4.79 Å². The molecule has 2 aromatic heterocycles. The molecule has 0 atom stereocenters. The van der Waals surface area contributed by atoms with Gasteiger partial charge in [-0.05, 0) is 29.3 Å². The number of Topliss-reactive ketones (excluding diaryl/α,β-unsaturated/α-hetero) is 1. The molecule has 4 rings (SSSR count). The molecule has 4 aromatic rings. The number of hydrogen-bond acceptors (Lipinski definition) is 4. The van der Waals surface area contributed by atoms with E-state index >= 15 is 0 Å². The summed E-state index contributed by atoms with van der Waals surface area (Å²) in [5.74, 6) is 0.0437. The van der Waals surface area contributed by atoms with Crippen molar-refractivity contribution in [1.29, 1.82) is 0 Å². The van der Waals surface area contributed by atoms with Crippen LogP contribution in [0.15, 0.2) is 65.1 Å². The van der Waals surface area contributed by atoms with Crippen LogP contribution in [-0.4, -0.2) is 10.8 Å². The number of halogens is 1. The number of nitrogens with two attached hydrogens (primary N) is 1. The quantitative estimate of drug-likeness (QED) is 0.326. The number of hydrogen-bond donors (Lipinski definition) is 1. The zero-order valence-electron chi connectivity index (χ0n) is 16.5. The van der Waals surface area contributed by atoms with E-state index in [1.807, 2.05) is 63.2 Å². The van der Waals surface area contributed by atoms with Crippen LogP contribution in [0.1, 0.15) is 30.4 Å². The average molecular weight is 465 g/mol. The summed E-state index contributed by atoms with van der Waals surface area (Å²) in [5, 5.41) is 0.856. The summed E-state index contributed by atoms with van der Waals surface area (Å²) in [6.45, 7) is 5.74. The van der Waals surface area contributed by atoms with Gasteiger partial charge < -0.3 is 5.73 Å². The largest absolute Gasteiger partial charge is 0.397 e. The molecule has 0 saturated carbocycles. The van der Waals surface area contributed by atoms with Crippen LogP contribution in [0.4, 0.5) is 5.69 Å². The lowest BCUT2D eigenvalue weighted by atomic mass is 9.89. The van der Waals surface area contributed by atoms with E-state index in [9.17, 15) is 4.79 Å². The molecule has 3 nitrogen and oxygen atoms in total. The van der Waals surface area contributed by atoms with Crippen LogP contribution in [0.2, 0.25) is 0 Å². The number of carbonyl (C=O) groups excluding carboxylic acids is 1. The van der Waals surface area contributed by atoms with Crippen molar-refractivity contribution in [2.24, 2.45) is 5.41 Å². The molecule has 2 heterocycles. The van der Waals surface area contributed by atoms with Gasteiger partial charge >= 0.3 is 0 Å². The molecule has 0 aliphatic carbocycles. The third-order valence-electron chi connectivity index (χ3n) is 4.81. The molecule has 0 saturated heterocycles. The zero-order chi connectivity index (χ0) is 20.8. The van der Waals surface area contributed by atoms with Crippen LogP contribution in [-0.2, 0) is 0 Å². The number of thiophene rings is 1. The monoisotopic (exact) mass is 464 g/mol. The highest BCUT2D eigenvalue weighted by molar-refractivity contribution is 9.10. The fourth-order valence-electron chi connectivity index (χ4n) is 3.24. The van der Waals surface area contributed by atoms with Crippen molar-refractivity contribution in [2.75, 3.05) is 5.73 Å². The Kier molecular flexibility index (Phi) is 5.05. The zero-order valence-corrected chi connectivity index (χ0v) is 18.9. The van der Waals surface area contributed by atoms with Crippen molar-refractivity contribution in [1.82, 2.24) is 4.98 Å². The first-order valence-electron chi connectivity index (χ1n) is 9.35. The SMILES string of the molecule is CC(C)(C)C(=O)c1sc2nc(-c3ccc(Br)cc3)cc(-c3ccccc3)c2c1N. The number of anilines is 1. The summed E-state index contributed by atoms with van der Waals surface area (Å²) in [4.78, 5) is 19.2. The van der Waals surface area contributed by atoms with Gasteiger partial charge in [0.05, 0.1) is 16.3 Å². The standard InChI is InChI=1S/C24H21BrN2OS/c1-24(2,3)22(28)21-20(26)19-17(14-7-5-4-6-8-14)13-18(27-23(19)29-21)15-9-11-16(25)12-10-15/h4-13H,26H2,1-3H3. The lowest BCUT2D eigenvalue weighted by Crippen LogP contribution is -2.20. The Morgan fingerprint density at radius 1 is 1.00 bits per heavy atom. The predicted octanol–water partition coefficient (Wildman–Crippen LogP) is 7.20. The first-order valence-corrected chi connectivity index (χ1v) is 11.0. The van der Waals surface area contributed by atoms with Crippen LogP contribution in [0.5, 0.6) is 0 Å². The number of benzene rings is 2. The second-order valence-electron chi connectivity index (χ2n) is 8.03. The van der Waals surface area contributed by atoms with Gasteiger partial charge in [-0.1, -0.05) is 79.2 Å². The molecule has 2 N–H and O–H groups in total. The molecule has 0 fully saturated rings. The highest BCUT2D eigenvalue weighted by atomic mass is 79.9. The maximum absolute atomic E-state index is 13.0. The number of aromatic nitrogens is 1. The minimum atomic E-state index is -0.504. The Labute approximate surface area is 182 Å². The number of pyridine rings is 1. The topological polar surface area (TPSA) is 56.0 Å². The molecule has 29 heavy (non-hydrogen) atoms. The Morgan fingerprint density at radius 3 is 2.28 bits per heavy atom. The third-order valence-corrected chi connectivity index (χ3v) is 6.44. The summed E-state index contributed by atoms with van der Waals surface area (Å²) in [6, 6.07) is 20.2. The maximum Gasteiger partial charge on any atom is 0.180 e. The second kappa shape index (κ2) is 7.39. The molecule has 5 heteroatoms. The summed E-state index contributed by atoms with van der Waals surface area (Å²) < 4.78 is 1.02. The summed E-state index contributed by atoms with van der Waals surface area (Å²) in [7, 11) is 0. The number of rotatable bonds is 3. The molecule has 146 valence electrons. The van der Waals surface area contributed by atoms with Gasteiger partial charge in [-0.15, -0.1) is 11.3 Å². The van der Waals surface area contributed by atoms with Gasteiger partial charge in [0, 0.05) is 20.8 Å². The summed E-state index contributed by atoms with van der Waals surface area (Å²) >= 11 is 4.87. The summed E-state index contributed by atoms with van der Waals surface area (Å²) in [5.41, 5.74) is 10.5. The second-order valence-corrected chi connectivity index (χ2v) is 9.95. The van der Waals surface area contributed by atoms with Crippen molar-refractivity contribution in [3.05, 3.63) is 70.0 Å². The minimum absolute atomic E-state index is 0.0437. The molecular weight excluding hydrogens is 444 g/mol. The van der Waals surface area contributed by atoms with Gasteiger partial charge in [-0.25, -0.2) is 4.98 Å². The van der Waals surface area contributed by atoms with Crippen molar-refractivity contribution < 1.29 is 4.79 Å². The van der Waals surface area contributed by atoms with Gasteiger partial charge in [0.1, 0.15) is 4.83 Å². The van der Waals surface area contributed by atoms with Gasteiger partial charge in [0.2, 0.25) is 0 Å². The molecule has 0 aliphatic rings. The van der Waals surface area contributed by atoms with Crippen LogP contribution in [0, 0.1) is 5.41 Å². The molecule has 0 amide bonds. The van der Waals surface area contributed by atoms with E-state index in [1.54, 1.807) is 0 Å². The first-order chi connectivity index (χ1) is 13.8. The molecule has 0 unspecified atom stereocenters. The van der Waals surface area contributed by atoms with Gasteiger partial charge in [0.25, 0.3) is 0 Å². The predicted molar refractivity (Wildman–Crippen MR) is 126 cm³/mol.